The van der Waals surface area contributed by atoms with Gasteiger partial charge in [0.2, 0.25) is 5.91 Å². The van der Waals surface area contributed by atoms with E-state index in [1.54, 1.807) is 31.3 Å². The van der Waals surface area contributed by atoms with Gasteiger partial charge in [-0.3, -0.25) is 9.59 Å². The summed E-state index contributed by atoms with van der Waals surface area (Å²) in [6.07, 6.45) is 0. The van der Waals surface area contributed by atoms with Crippen LogP contribution in [0.15, 0.2) is 40.2 Å². The van der Waals surface area contributed by atoms with E-state index in [0.29, 0.717) is 17.0 Å². The van der Waals surface area contributed by atoms with Crippen molar-refractivity contribution < 1.29 is 9.59 Å². The second-order valence-electron chi connectivity index (χ2n) is 4.84. The Bertz CT molecular complexity index is 749. The Labute approximate surface area is 146 Å². The first-order valence-electron chi connectivity index (χ1n) is 6.76. The van der Waals surface area contributed by atoms with Crippen LogP contribution in [0.25, 0.3) is 0 Å². The van der Waals surface area contributed by atoms with Crippen molar-refractivity contribution in [1.29, 1.82) is 5.26 Å². The molecule has 2 rings (SSSR count). The van der Waals surface area contributed by atoms with Crippen LogP contribution in [0.2, 0.25) is 0 Å². The molecule has 0 atom stereocenters. The number of thiophene rings is 1. The highest BCUT2D eigenvalue weighted by atomic mass is 79.9. The van der Waals surface area contributed by atoms with Gasteiger partial charge in [-0.25, -0.2) is 0 Å². The maximum Gasteiger partial charge on any atom is 0.261 e. The van der Waals surface area contributed by atoms with E-state index in [4.69, 9.17) is 5.26 Å². The fraction of sp³-hybridized carbons (Fsp3) is 0.188. The molecule has 5 nitrogen and oxygen atoms in total. The van der Waals surface area contributed by atoms with E-state index in [1.807, 2.05) is 18.2 Å². The molecule has 0 aliphatic carbocycles. The van der Waals surface area contributed by atoms with Gasteiger partial charge in [0.25, 0.3) is 5.91 Å². The van der Waals surface area contributed by atoms with Crippen molar-refractivity contribution in [3.63, 3.8) is 0 Å². The Morgan fingerprint density at radius 2 is 1.96 bits per heavy atom. The van der Waals surface area contributed by atoms with E-state index < -0.39 is 0 Å². The molecular weight excluding hydrogens is 378 g/mol. The Balaban J connectivity index is 1.84. The number of carbonyl (C=O) groups is 2. The van der Waals surface area contributed by atoms with Gasteiger partial charge >= 0.3 is 0 Å². The van der Waals surface area contributed by atoms with Crippen molar-refractivity contribution in [2.75, 3.05) is 13.6 Å². The molecule has 0 aliphatic heterocycles. The molecule has 0 saturated carbocycles. The number of hydrogen-bond acceptors (Lipinski definition) is 4. The van der Waals surface area contributed by atoms with Crippen LogP contribution in [0, 0.1) is 11.3 Å². The van der Waals surface area contributed by atoms with Gasteiger partial charge in [-0.1, -0.05) is 12.1 Å². The standard InChI is InChI=1S/C16H14BrN3O2S/c1-20(10-12-4-2-11(8-18)3-5-12)15(21)9-19-16(22)13-6-7-14(17)23-13/h2-7H,9-10H2,1H3,(H,19,22). The maximum absolute atomic E-state index is 12.1. The maximum atomic E-state index is 12.1. The van der Waals surface area contributed by atoms with Gasteiger partial charge in [0.05, 0.1) is 26.8 Å². The van der Waals surface area contributed by atoms with Crippen LogP contribution in [-0.4, -0.2) is 30.3 Å². The van der Waals surface area contributed by atoms with Crippen molar-refractivity contribution in [2.24, 2.45) is 0 Å². The van der Waals surface area contributed by atoms with E-state index in [-0.39, 0.29) is 18.4 Å². The molecule has 0 spiro atoms. The van der Waals surface area contributed by atoms with Gasteiger partial charge in [0, 0.05) is 13.6 Å². The van der Waals surface area contributed by atoms with Crippen molar-refractivity contribution in [3.05, 3.63) is 56.2 Å². The summed E-state index contributed by atoms with van der Waals surface area (Å²) >= 11 is 4.61. The van der Waals surface area contributed by atoms with Crippen LogP contribution in [0.1, 0.15) is 20.8 Å². The molecule has 0 aliphatic rings. The molecule has 0 fully saturated rings. The number of hydrogen-bond donors (Lipinski definition) is 1. The summed E-state index contributed by atoms with van der Waals surface area (Å²) in [4.78, 5) is 26.0. The third-order valence-electron chi connectivity index (χ3n) is 3.13. The number of benzene rings is 1. The van der Waals surface area contributed by atoms with Gasteiger partial charge in [-0.2, -0.15) is 5.26 Å². The number of halogens is 1. The lowest BCUT2D eigenvalue weighted by Crippen LogP contribution is -2.37. The Hall–Kier alpha value is -2.17. The number of amides is 2. The highest BCUT2D eigenvalue weighted by Gasteiger charge is 2.13. The molecule has 1 heterocycles. The lowest BCUT2D eigenvalue weighted by molar-refractivity contribution is -0.129. The lowest BCUT2D eigenvalue weighted by atomic mass is 10.1. The molecule has 1 N–H and O–H groups in total. The minimum atomic E-state index is -0.263. The van der Waals surface area contributed by atoms with Crippen LogP contribution in [0.4, 0.5) is 0 Å². The largest absolute Gasteiger partial charge is 0.342 e. The first kappa shape index (κ1) is 17.2. The van der Waals surface area contributed by atoms with E-state index in [1.165, 1.54) is 16.2 Å². The molecular formula is C16H14BrN3O2S. The highest BCUT2D eigenvalue weighted by molar-refractivity contribution is 9.11. The fourth-order valence-corrected chi connectivity index (χ4v) is 3.16. The summed E-state index contributed by atoms with van der Waals surface area (Å²) in [7, 11) is 1.68. The smallest absolute Gasteiger partial charge is 0.261 e. The van der Waals surface area contributed by atoms with Crippen LogP contribution >= 0.6 is 27.3 Å². The van der Waals surface area contributed by atoms with Gasteiger partial charge in [-0.15, -0.1) is 11.3 Å². The molecule has 2 aromatic rings. The molecule has 0 unspecified atom stereocenters. The number of nitriles is 1. The van der Waals surface area contributed by atoms with Crippen LogP contribution < -0.4 is 5.32 Å². The summed E-state index contributed by atoms with van der Waals surface area (Å²) in [5.41, 5.74) is 1.51. The van der Waals surface area contributed by atoms with Gasteiger partial charge in [0.1, 0.15) is 0 Å². The normalized spacial score (nSPS) is 9.96. The third-order valence-corrected chi connectivity index (χ3v) is 4.75. The topological polar surface area (TPSA) is 73.2 Å². The number of nitrogens with one attached hydrogen (secondary N) is 1. The second kappa shape index (κ2) is 7.90. The summed E-state index contributed by atoms with van der Waals surface area (Å²) in [6, 6.07) is 12.6. The zero-order chi connectivity index (χ0) is 16.8. The van der Waals surface area contributed by atoms with E-state index >= 15 is 0 Å². The zero-order valence-electron chi connectivity index (χ0n) is 12.4. The first-order valence-corrected chi connectivity index (χ1v) is 8.37. The predicted octanol–water partition coefficient (Wildman–Crippen LogP) is 2.77. The summed E-state index contributed by atoms with van der Waals surface area (Å²) in [6.45, 7) is 0.367. The molecule has 1 aromatic heterocycles. The minimum absolute atomic E-state index is 0.0544. The Kier molecular flexibility index (Phi) is 5.90. The van der Waals surface area contributed by atoms with Crippen molar-refractivity contribution in [2.45, 2.75) is 6.54 Å². The predicted molar refractivity (Wildman–Crippen MR) is 92.0 cm³/mol. The first-order chi connectivity index (χ1) is 11.0. The van der Waals surface area contributed by atoms with Gasteiger partial charge < -0.3 is 10.2 Å². The van der Waals surface area contributed by atoms with E-state index in [0.717, 1.165) is 9.35 Å². The van der Waals surface area contributed by atoms with E-state index in [2.05, 4.69) is 21.2 Å². The molecule has 1 aromatic carbocycles. The molecule has 0 bridgehead atoms. The SMILES string of the molecule is CN(Cc1ccc(C#N)cc1)C(=O)CNC(=O)c1ccc(Br)s1. The van der Waals surface area contributed by atoms with Crippen LogP contribution in [0.5, 0.6) is 0 Å². The molecule has 2 amide bonds. The number of rotatable bonds is 5. The van der Waals surface area contributed by atoms with Gasteiger partial charge in [-0.05, 0) is 45.8 Å². The average molecular weight is 392 g/mol. The number of likely N-dealkylation sites (N-methyl/N-ethyl adjacent to an activating group) is 1. The summed E-state index contributed by atoms with van der Waals surface area (Å²) < 4.78 is 0.868. The van der Waals surface area contributed by atoms with Crippen molar-refractivity contribution in [3.8, 4) is 6.07 Å². The average Bonchev–Trinajstić information content (AvgIpc) is 2.99. The van der Waals surface area contributed by atoms with Crippen molar-refractivity contribution >= 4 is 39.1 Å². The van der Waals surface area contributed by atoms with Crippen LogP contribution in [-0.2, 0) is 11.3 Å². The lowest BCUT2D eigenvalue weighted by Gasteiger charge is -2.17. The van der Waals surface area contributed by atoms with Crippen molar-refractivity contribution in [1.82, 2.24) is 10.2 Å². The third kappa shape index (κ3) is 4.91. The minimum Gasteiger partial charge on any atom is -0.342 e. The molecule has 23 heavy (non-hydrogen) atoms. The van der Waals surface area contributed by atoms with Gasteiger partial charge in [0.15, 0.2) is 0 Å². The quantitative estimate of drug-likeness (QED) is 0.851. The molecule has 0 radical (unpaired) electrons. The Morgan fingerprint density at radius 1 is 1.26 bits per heavy atom. The fourth-order valence-electron chi connectivity index (χ4n) is 1.86. The van der Waals surface area contributed by atoms with E-state index in [9.17, 15) is 9.59 Å². The monoisotopic (exact) mass is 391 g/mol. The zero-order valence-corrected chi connectivity index (χ0v) is 14.8. The highest BCUT2D eigenvalue weighted by Crippen LogP contribution is 2.21. The number of nitrogens with zero attached hydrogens (tertiary/aromatic N) is 2. The summed E-state index contributed by atoms with van der Waals surface area (Å²) in [5, 5.41) is 11.4. The van der Waals surface area contributed by atoms with Crippen LogP contribution in [0.3, 0.4) is 0 Å². The molecule has 118 valence electrons. The molecule has 0 saturated heterocycles. The second-order valence-corrected chi connectivity index (χ2v) is 7.31. The summed E-state index contributed by atoms with van der Waals surface area (Å²) in [5.74, 6) is -0.445. The number of carbonyl (C=O) groups excluding carboxylic acids is 2. The molecule has 7 heteroatoms. The Morgan fingerprint density at radius 3 is 2.52 bits per heavy atom.